The fourth-order valence-electron chi connectivity index (χ4n) is 3.38. The van der Waals surface area contributed by atoms with E-state index in [-0.39, 0.29) is 17.5 Å². The van der Waals surface area contributed by atoms with Crippen molar-refractivity contribution in [2.24, 2.45) is 0 Å². The molecule has 4 rings (SSSR count). The molecule has 1 aliphatic heterocycles. The van der Waals surface area contributed by atoms with E-state index in [1.54, 1.807) is 30.6 Å². The lowest BCUT2D eigenvalue weighted by atomic mass is 10.0. The van der Waals surface area contributed by atoms with Gasteiger partial charge in [-0.05, 0) is 31.4 Å². The van der Waals surface area contributed by atoms with Gasteiger partial charge in [0.2, 0.25) is 10.1 Å². The van der Waals surface area contributed by atoms with Gasteiger partial charge in [-0.2, -0.15) is 4.52 Å². The highest BCUT2D eigenvalue weighted by Gasteiger charge is 2.24. The second kappa shape index (κ2) is 8.05. The van der Waals surface area contributed by atoms with Crippen LogP contribution in [0.5, 0.6) is 0 Å². The molecule has 4 heterocycles. The second-order valence-electron chi connectivity index (χ2n) is 6.88. The van der Waals surface area contributed by atoms with Crippen LogP contribution < -0.4 is 10.9 Å². The van der Waals surface area contributed by atoms with Gasteiger partial charge in [0, 0.05) is 48.8 Å². The van der Waals surface area contributed by atoms with Crippen molar-refractivity contribution in [3.05, 3.63) is 52.2 Å². The van der Waals surface area contributed by atoms with Crippen molar-refractivity contribution in [3.63, 3.8) is 0 Å². The molecule has 0 atom stereocenters. The monoisotopic (exact) mass is 398 g/mol. The van der Waals surface area contributed by atoms with Crippen LogP contribution in [0.4, 0.5) is 5.13 Å². The van der Waals surface area contributed by atoms with Gasteiger partial charge in [-0.15, -0.1) is 5.10 Å². The van der Waals surface area contributed by atoms with E-state index in [4.69, 9.17) is 0 Å². The van der Waals surface area contributed by atoms with Gasteiger partial charge in [-0.25, -0.2) is 4.98 Å². The van der Waals surface area contributed by atoms with Crippen LogP contribution in [0.15, 0.2) is 35.4 Å². The van der Waals surface area contributed by atoms with Gasteiger partial charge in [0.15, 0.2) is 0 Å². The lowest BCUT2D eigenvalue weighted by Gasteiger charge is -2.32. The minimum atomic E-state index is -0.143. The smallest absolute Gasteiger partial charge is 0.275 e. The Morgan fingerprint density at radius 2 is 2.04 bits per heavy atom. The number of carbonyl (C=O) groups is 1. The maximum atomic E-state index is 12.5. The van der Waals surface area contributed by atoms with Crippen molar-refractivity contribution in [3.8, 4) is 0 Å². The maximum Gasteiger partial charge on any atom is 0.275 e. The highest BCUT2D eigenvalue weighted by atomic mass is 32.1. The second-order valence-corrected chi connectivity index (χ2v) is 7.84. The number of hydrogen-bond acceptors (Lipinski definition) is 7. The molecule has 1 saturated heterocycles. The molecule has 28 heavy (non-hydrogen) atoms. The number of pyridine rings is 1. The third kappa shape index (κ3) is 3.89. The zero-order chi connectivity index (χ0) is 19.5. The predicted molar refractivity (Wildman–Crippen MR) is 108 cm³/mol. The average Bonchev–Trinajstić information content (AvgIpc) is 3.12. The van der Waals surface area contributed by atoms with Gasteiger partial charge in [0.25, 0.3) is 11.5 Å². The van der Waals surface area contributed by atoms with Gasteiger partial charge in [0.1, 0.15) is 0 Å². The summed E-state index contributed by atoms with van der Waals surface area (Å²) in [5.41, 5.74) is 1.34. The third-order valence-corrected chi connectivity index (χ3v) is 5.68. The molecule has 3 aromatic rings. The molecule has 0 spiro atoms. The highest BCUT2D eigenvalue weighted by Crippen LogP contribution is 2.22. The lowest BCUT2D eigenvalue weighted by molar-refractivity contribution is 0.0718. The number of aromatic nitrogens is 4. The van der Waals surface area contributed by atoms with Gasteiger partial charge in [-0.1, -0.05) is 24.7 Å². The lowest BCUT2D eigenvalue weighted by Crippen LogP contribution is -2.42. The Labute approximate surface area is 166 Å². The number of hydrogen-bond donors (Lipinski definition) is 1. The molecule has 1 N–H and O–H groups in total. The van der Waals surface area contributed by atoms with Gasteiger partial charge in [-0.3, -0.25) is 14.6 Å². The number of nitrogens with zero attached hydrogens (tertiary/aromatic N) is 5. The van der Waals surface area contributed by atoms with E-state index in [2.05, 4.69) is 27.3 Å². The molecule has 0 saturated carbocycles. The summed E-state index contributed by atoms with van der Waals surface area (Å²) in [5, 5.41) is 8.47. The Hall–Kier alpha value is -2.81. The fraction of sp³-hybridized carbons (Fsp3) is 0.421. The SMILES string of the molecule is CCCc1cc(=O)n2nc(NC3CCN(C(=O)c4ccncc4)CC3)sc2n1. The summed E-state index contributed by atoms with van der Waals surface area (Å²) in [6.45, 7) is 3.43. The largest absolute Gasteiger partial charge is 0.357 e. The molecule has 1 aliphatic rings. The van der Waals surface area contributed by atoms with Gasteiger partial charge < -0.3 is 10.2 Å². The first-order valence-corrected chi connectivity index (χ1v) is 10.3. The first kappa shape index (κ1) is 18.5. The quantitative estimate of drug-likeness (QED) is 0.708. The van der Waals surface area contributed by atoms with Crippen LogP contribution in [0.1, 0.15) is 42.2 Å². The molecule has 0 aromatic carbocycles. The standard InChI is InChI=1S/C19H22N6O2S/c1-2-3-15-12-16(26)25-19(22-15)28-18(23-25)21-14-6-10-24(11-7-14)17(27)13-4-8-20-9-5-13/h4-5,8-9,12,14H,2-3,6-7,10-11H2,1H3,(H,21,23). The van der Waals surface area contributed by atoms with Gasteiger partial charge in [0.05, 0.1) is 0 Å². The summed E-state index contributed by atoms with van der Waals surface area (Å²) in [6, 6.07) is 5.26. The molecule has 9 heteroatoms. The van der Waals surface area contributed by atoms with Crippen LogP contribution in [0, 0.1) is 0 Å². The summed E-state index contributed by atoms with van der Waals surface area (Å²) in [4.78, 5) is 35.7. The van der Waals surface area contributed by atoms with Crippen LogP contribution in [-0.2, 0) is 6.42 Å². The number of piperidine rings is 1. The van der Waals surface area contributed by atoms with Crippen LogP contribution in [-0.4, -0.2) is 49.5 Å². The molecular formula is C19H22N6O2S. The number of amides is 1. The molecule has 146 valence electrons. The Morgan fingerprint density at radius 3 is 2.75 bits per heavy atom. The fourth-order valence-corrected chi connectivity index (χ4v) is 4.28. The van der Waals surface area contributed by atoms with E-state index in [9.17, 15) is 9.59 Å². The third-order valence-electron chi connectivity index (χ3n) is 4.84. The van der Waals surface area contributed by atoms with Gasteiger partial charge >= 0.3 is 0 Å². The summed E-state index contributed by atoms with van der Waals surface area (Å²) in [7, 11) is 0. The number of fused-ring (bicyclic) bond motifs is 1. The molecule has 0 radical (unpaired) electrons. The summed E-state index contributed by atoms with van der Waals surface area (Å²) in [5.74, 6) is 0.0417. The number of aryl methyl sites for hydroxylation is 1. The number of anilines is 1. The van der Waals surface area contributed by atoms with E-state index >= 15 is 0 Å². The Balaban J connectivity index is 1.40. The van der Waals surface area contributed by atoms with E-state index < -0.39 is 0 Å². The van der Waals surface area contributed by atoms with Crippen LogP contribution in [0.25, 0.3) is 4.96 Å². The average molecular weight is 398 g/mol. The number of likely N-dealkylation sites (tertiary alicyclic amines) is 1. The topological polar surface area (TPSA) is 92.5 Å². The molecule has 1 amide bonds. The minimum absolute atomic E-state index is 0.0417. The Kier molecular flexibility index (Phi) is 5.34. The van der Waals surface area contributed by atoms with Crippen molar-refractivity contribution in [1.82, 2.24) is 24.5 Å². The summed E-state index contributed by atoms with van der Waals surface area (Å²) >= 11 is 1.39. The first-order chi connectivity index (χ1) is 13.6. The van der Waals surface area contributed by atoms with E-state index in [1.165, 1.54) is 15.9 Å². The van der Waals surface area contributed by atoms with Crippen LogP contribution >= 0.6 is 11.3 Å². The molecule has 0 unspecified atom stereocenters. The number of rotatable bonds is 5. The minimum Gasteiger partial charge on any atom is -0.357 e. The van der Waals surface area contributed by atoms with Crippen LogP contribution in [0.2, 0.25) is 0 Å². The van der Waals surface area contributed by atoms with Crippen molar-refractivity contribution in [2.75, 3.05) is 18.4 Å². The molecule has 0 aliphatic carbocycles. The zero-order valence-corrected chi connectivity index (χ0v) is 16.5. The number of nitrogens with one attached hydrogen (secondary N) is 1. The van der Waals surface area contributed by atoms with Crippen molar-refractivity contribution in [1.29, 1.82) is 0 Å². The Bertz CT molecular complexity index is 1020. The van der Waals surface area contributed by atoms with Crippen LogP contribution in [0.3, 0.4) is 0 Å². The van der Waals surface area contributed by atoms with E-state index in [1.807, 2.05) is 4.90 Å². The molecular weight excluding hydrogens is 376 g/mol. The molecule has 3 aromatic heterocycles. The number of carbonyl (C=O) groups excluding carboxylic acids is 1. The first-order valence-electron chi connectivity index (χ1n) is 9.49. The summed E-state index contributed by atoms with van der Waals surface area (Å²) in [6.07, 6.45) is 6.67. The Morgan fingerprint density at radius 1 is 1.29 bits per heavy atom. The predicted octanol–water partition coefficient (Wildman–Crippen LogP) is 2.22. The molecule has 0 bridgehead atoms. The maximum absolute atomic E-state index is 12.5. The zero-order valence-electron chi connectivity index (χ0n) is 15.7. The normalized spacial score (nSPS) is 15.1. The molecule has 1 fully saturated rings. The molecule has 8 nitrogen and oxygen atoms in total. The van der Waals surface area contributed by atoms with E-state index in [0.29, 0.717) is 28.7 Å². The summed E-state index contributed by atoms with van der Waals surface area (Å²) < 4.78 is 1.36. The van der Waals surface area contributed by atoms with Crippen molar-refractivity contribution < 1.29 is 4.79 Å². The van der Waals surface area contributed by atoms with E-state index in [0.717, 1.165) is 31.4 Å². The van der Waals surface area contributed by atoms with Crippen molar-refractivity contribution >= 4 is 27.3 Å². The van der Waals surface area contributed by atoms with Crippen molar-refractivity contribution in [2.45, 2.75) is 38.6 Å². The highest BCUT2D eigenvalue weighted by molar-refractivity contribution is 7.20.